The average molecular weight is 559 g/mol. The van der Waals surface area contributed by atoms with Gasteiger partial charge in [0, 0.05) is 36.9 Å². The van der Waals surface area contributed by atoms with Crippen molar-refractivity contribution in [3.63, 3.8) is 0 Å². The summed E-state index contributed by atoms with van der Waals surface area (Å²) >= 11 is 12.3. The minimum absolute atomic E-state index is 0.143. The Balaban J connectivity index is 1.22. The summed E-state index contributed by atoms with van der Waals surface area (Å²) in [6.45, 7) is 1.76. The maximum absolute atomic E-state index is 15.5. The molecular weight excluding hydrogens is 538 g/mol. The van der Waals surface area contributed by atoms with Gasteiger partial charge < -0.3 is 14.8 Å². The van der Waals surface area contributed by atoms with Gasteiger partial charge in [-0.2, -0.15) is 0 Å². The summed E-state index contributed by atoms with van der Waals surface area (Å²) in [5.41, 5.74) is 2.68. The normalized spacial score (nSPS) is 15.6. The molecule has 0 aliphatic carbocycles. The van der Waals surface area contributed by atoms with Gasteiger partial charge in [-0.05, 0) is 42.3 Å². The Kier molecular flexibility index (Phi) is 5.82. The van der Waals surface area contributed by atoms with Gasteiger partial charge in [0.15, 0.2) is 5.82 Å². The van der Waals surface area contributed by atoms with Crippen LogP contribution in [0.5, 0.6) is 0 Å². The number of hydrogen-bond acceptors (Lipinski definition) is 4. The molecule has 37 heavy (non-hydrogen) atoms. The zero-order valence-electron chi connectivity index (χ0n) is 19.3. The van der Waals surface area contributed by atoms with Crippen molar-refractivity contribution in [3.8, 4) is 0 Å². The van der Waals surface area contributed by atoms with Crippen LogP contribution in [0.15, 0.2) is 65.7 Å². The molecule has 3 aromatic carbocycles. The first-order valence-electron chi connectivity index (χ1n) is 11.6. The highest BCUT2D eigenvalue weighted by atomic mass is 35.5. The van der Waals surface area contributed by atoms with Crippen molar-refractivity contribution in [2.75, 3.05) is 29.3 Å². The van der Waals surface area contributed by atoms with Crippen molar-refractivity contribution in [2.24, 2.45) is 0 Å². The van der Waals surface area contributed by atoms with Gasteiger partial charge in [0.2, 0.25) is 0 Å². The monoisotopic (exact) mass is 558 g/mol. The Morgan fingerprint density at radius 3 is 2.62 bits per heavy atom. The Morgan fingerprint density at radius 2 is 1.81 bits per heavy atom. The number of carbonyl (C=O) groups excluding carboxylic acids is 1. The number of halogens is 3. The largest absolute Gasteiger partial charge is 0.364 e. The van der Waals surface area contributed by atoms with Crippen LogP contribution in [-0.2, 0) is 16.4 Å². The van der Waals surface area contributed by atoms with Gasteiger partial charge >= 0.3 is 0 Å². The van der Waals surface area contributed by atoms with Crippen molar-refractivity contribution in [1.82, 2.24) is 9.88 Å². The molecule has 1 aromatic heterocycles. The first-order valence-corrected chi connectivity index (χ1v) is 13.9. The van der Waals surface area contributed by atoms with Crippen LogP contribution in [0.1, 0.15) is 15.9 Å². The van der Waals surface area contributed by atoms with E-state index < -0.39 is 26.6 Å². The van der Waals surface area contributed by atoms with E-state index in [-0.39, 0.29) is 17.3 Å². The van der Waals surface area contributed by atoms with Gasteiger partial charge in [-0.1, -0.05) is 47.5 Å². The van der Waals surface area contributed by atoms with E-state index in [2.05, 4.69) is 26.7 Å². The van der Waals surface area contributed by atoms with Crippen LogP contribution in [0.2, 0.25) is 10.0 Å². The second-order valence-corrected chi connectivity index (χ2v) is 11.6. The second kappa shape index (κ2) is 8.93. The highest BCUT2D eigenvalue weighted by molar-refractivity contribution is 7.92. The first kappa shape index (κ1) is 24.1. The number of likely N-dealkylation sites (tertiary alicyclic amines) is 1. The van der Waals surface area contributed by atoms with Gasteiger partial charge in [0.1, 0.15) is 4.90 Å². The summed E-state index contributed by atoms with van der Waals surface area (Å²) in [6.07, 6.45) is 2.44. The van der Waals surface area contributed by atoms with Crippen molar-refractivity contribution in [2.45, 2.75) is 17.4 Å². The summed E-state index contributed by atoms with van der Waals surface area (Å²) < 4.78 is 44.2. The van der Waals surface area contributed by atoms with E-state index in [0.29, 0.717) is 34.0 Å². The smallest absolute Gasteiger partial charge is 0.264 e. The third kappa shape index (κ3) is 4.02. The van der Waals surface area contributed by atoms with Crippen LogP contribution in [0.3, 0.4) is 0 Å². The van der Waals surface area contributed by atoms with E-state index in [9.17, 15) is 13.2 Å². The quantitative estimate of drug-likeness (QED) is 0.348. The lowest BCUT2D eigenvalue weighted by Crippen LogP contribution is -2.61. The van der Waals surface area contributed by atoms with Crippen LogP contribution in [0.25, 0.3) is 10.9 Å². The fourth-order valence-electron chi connectivity index (χ4n) is 5.07. The van der Waals surface area contributed by atoms with Crippen molar-refractivity contribution < 1.29 is 17.6 Å². The van der Waals surface area contributed by atoms with Gasteiger partial charge in [-0.3, -0.25) is 9.52 Å². The summed E-state index contributed by atoms with van der Waals surface area (Å²) in [5, 5.41) is 1.11. The molecule has 2 aliphatic rings. The number of anilines is 2. The molecule has 6 rings (SSSR count). The Bertz CT molecular complexity index is 1670. The minimum Gasteiger partial charge on any atom is -0.364 e. The number of H-pyrrole nitrogens is 1. The molecule has 0 unspecified atom stereocenters. The summed E-state index contributed by atoms with van der Waals surface area (Å²) in [6, 6.07) is 15.1. The predicted molar refractivity (Wildman–Crippen MR) is 143 cm³/mol. The molecule has 0 atom stereocenters. The number of nitrogens with zero attached hydrogens (tertiary/aromatic N) is 2. The number of para-hydroxylation sites is 1. The molecule has 1 fully saturated rings. The molecule has 2 aliphatic heterocycles. The van der Waals surface area contributed by atoms with Gasteiger partial charge in [0.25, 0.3) is 15.9 Å². The third-order valence-electron chi connectivity index (χ3n) is 6.98. The van der Waals surface area contributed by atoms with E-state index in [0.717, 1.165) is 19.0 Å². The van der Waals surface area contributed by atoms with Crippen LogP contribution in [0.4, 0.5) is 15.8 Å². The number of aromatic amines is 1. The SMILES string of the molecule is O=C(c1cccc(S(=O)(=O)Nc2ccc(Cl)c3c(Cl)c[nH]c23)c1F)N1CC(N2CCc3ccccc32)C1. The van der Waals surface area contributed by atoms with E-state index in [1.54, 1.807) is 0 Å². The zero-order chi connectivity index (χ0) is 25.9. The molecule has 0 spiro atoms. The van der Waals surface area contributed by atoms with E-state index in [1.807, 2.05) is 12.1 Å². The highest BCUT2D eigenvalue weighted by Crippen LogP contribution is 2.36. The maximum Gasteiger partial charge on any atom is 0.264 e. The highest BCUT2D eigenvalue weighted by Gasteiger charge is 2.39. The van der Waals surface area contributed by atoms with Crippen molar-refractivity contribution >= 4 is 61.4 Å². The number of hydrogen-bond donors (Lipinski definition) is 2. The minimum atomic E-state index is -4.38. The maximum atomic E-state index is 15.5. The molecule has 0 radical (unpaired) electrons. The van der Waals surface area contributed by atoms with Crippen LogP contribution in [-0.4, -0.2) is 49.9 Å². The Labute approximate surface area is 222 Å². The van der Waals surface area contributed by atoms with Crippen molar-refractivity contribution in [3.05, 3.63) is 87.8 Å². The molecule has 7 nitrogen and oxygen atoms in total. The number of fused-ring (bicyclic) bond motifs is 2. The summed E-state index contributed by atoms with van der Waals surface area (Å²) in [5.74, 6) is -1.63. The molecule has 4 aromatic rings. The Morgan fingerprint density at radius 1 is 1.03 bits per heavy atom. The third-order valence-corrected chi connectivity index (χ3v) is 8.97. The molecule has 1 saturated heterocycles. The fraction of sp³-hybridized carbons (Fsp3) is 0.192. The average Bonchev–Trinajstić information content (AvgIpc) is 3.44. The van der Waals surface area contributed by atoms with Gasteiger partial charge in [0.05, 0.1) is 32.9 Å². The number of aromatic nitrogens is 1. The Hall–Kier alpha value is -3.27. The molecule has 190 valence electrons. The molecule has 1 amide bonds. The molecule has 11 heteroatoms. The molecule has 0 saturated carbocycles. The summed E-state index contributed by atoms with van der Waals surface area (Å²) in [4.78, 5) is 19.2. The number of rotatable bonds is 5. The topological polar surface area (TPSA) is 85.5 Å². The number of nitrogens with one attached hydrogen (secondary N) is 2. The zero-order valence-corrected chi connectivity index (χ0v) is 21.7. The number of amides is 1. The molecule has 2 N–H and O–H groups in total. The van der Waals surface area contributed by atoms with Crippen LogP contribution < -0.4 is 9.62 Å². The van der Waals surface area contributed by atoms with E-state index in [4.69, 9.17) is 23.2 Å². The molecule has 0 bridgehead atoms. The predicted octanol–water partition coefficient (Wildman–Crippen LogP) is 5.30. The lowest BCUT2D eigenvalue weighted by molar-refractivity contribution is 0.0595. The van der Waals surface area contributed by atoms with Crippen molar-refractivity contribution in [1.29, 1.82) is 0 Å². The number of carbonyl (C=O) groups is 1. The first-order chi connectivity index (χ1) is 17.7. The second-order valence-electron chi connectivity index (χ2n) is 9.14. The molecule has 3 heterocycles. The molecular formula is C26H21Cl2FN4O3S. The number of benzene rings is 3. The number of sulfonamides is 1. The lowest BCUT2D eigenvalue weighted by Gasteiger charge is -2.45. The summed E-state index contributed by atoms with van der Waals surface area (Å²) in [7, 11) is -4.38. The lowest BCUT2D eigenvalue weighted by atomic mass is 10.0. The van der Waals surface area contributed by atoms with Gasteiger partial charge in [-0.25, -0.2) is 12.8 Å². The van der Waals surface area contributed by atoms with E-state index in [1.165, 1.54) is 46.6 Å². The van der Waals surface area contributed by atoms with Crippen LogP contribution >= 0.6 is 23.2 Å². The van der Waals surface area contributed by atoms with Gasteiger partial charge in [-0.15, -0.1) is 0 Å². The fourth-order valence-corrected chi connectivity index (χ4v) is 6.80. The standard InChI is InChI=1S/C26H21Cl2FN4O3S/c27-18-8-9-20(25-23(18)19(28)12-30-25)31-37(35,36)22-7-3-5-17(24(22)29)26(34)32-13-16(14-32)33-11-10-15-4-1-2-6-21(15)33/h1-9,12,16,30-31H,10-11,13-14H2. The van der Waals surface area contributed by atoms with E-state index >= 15 is 4.39 Å². The van der Waals surface area contributed by atoms with Crippen LogP contribution in [0, 0.1) is 5.82 Å².